The quantitative estimate of drug-likeness (QED) is 0.736. The summed E-state index contributed by atoms with van der Waals surface area (Å²) in [5.41, 5.74) is 0.201. The number of hydrogen-bond donors (Lipinski definition) is 0. The summed E-state index contributed by atoms with van der Waals surface area (Å²) in [5.74, 6) is 0. The number of nitriles is 1. The molecule has 0 N–H and O–H groups in total. The average molecular weight is 319 g/mol. The van der Waals surface area contributed by atoms with Crippen LogP contribution in [-0.4, -0.2) is 4.57 Å². The Bertz CT molecular complexity index is 694. The number of benzene rings is 1. The lowest BCUT2D eigenvalue weighted by Gasteiger charge is -2.09. The topological polar surface area (TPSA) is 28.7 Å². The molecule has 1 heterocycles. The van der Waals surface area contributed by atoms with Crippen LogP contribution >= 0.6 is 23.2 Å². The summed E-state index contributed by atoms with van der Waals surface area (Å²) in [5, 5.41) is 9.35. The van der Waals surface area contributed by atoms with Gasteiger partial charge in [0.2, 0.25) is 0 Å². The Morgan fingerprint density at radius 2 is 1.70 bits per heavy atom. The second-order valence-electron chi connectivity index (χ2n) is 4.07. The molecular weight excluding hydrogens is 312 g/mol. The fraction of sp³-hybridized carbons (Fsp3) is 0.154. The molecular formula is C13H7Cl2F3N2. The van der Waals surface area contributed by atoms with Gasteiger partial charge in [-0.3, -0.25) is 0 Å². The number of aromatic nitrogens is 1. The van der Waals surface area contributed by atoms with Gasteiger partial charge in [-0.25, -0.2) is 0 Å². The van der Waals surface area contributed by atoms with Crippen molar-refractivity contribution < 1.29 is 13.2 Å². The summed E-state index contributed by atoms with van der Waals surface area (Å²) in [6.45, 7) is 0. The van der Waals surface area contributed by atoms with E-state index in [1.807, 2.05) is 6.07 Å². The molecule has 7 heteroatoms. The van der Waals surface area contributed by atoms with E-state index in [0.717, 1.165) is 12.1 Å². The molecule has 0 bridgehead atoms. The Morgan fingerprint density at radius 3 is 2.15 bits per heavy atom. The number of nitrogens with zero attached hydrogens (tertiary/aromatic N) is 2. The highest BCUT2D eigenvalue weighted by Gasteiger charge is 2.30. The Balaban J connectivity index is 2.59. The predicted octanol–water partition coefficient (Wildman–Crippen LogP) is 4.89. The van der Waals surface area contributed by atoms with Gasteiger partial charge < -0.3 is 4.57 Å². The van der Waals surface area contributed by atoms with Crippen molar-refractivity contribution in [3.05, 3.63) is 45.6 Å². The molecule has 0 amide bonds. The maximum absolute atomic E-state index is 12.5. The largest absolute Gasteiger partial charge is 0.416 e. The van der Waals surface area contributed by atoms with E-state index >= 15 is 0 Å². The molecule has 0 saturated heterocycles. The number of halogens is 5. The van der Waals surface area contributed by atoms with Gasteiger partial charge in [-0.2, -0.15) is 18.4 Å². The minimum absolute atomic E-state index is 0.0894. The lowest BCUT2D eigenvalue weighted by molar-refractivity contribution is -0.137. The Kier molecular flexibility index (Phi) is 3.72. The third kappa shape index (κ3) is 2.37. The van der Waals surface area contributed by atoms with Crippen LogP contribution in [0.5, 0.6) is 0 Å². The molecule has 2 aromatic rings. The fourth-order valence-corrected chi connectivity index (χ4v) is 2.31. The first-order valence-electron chi connectivity index (χ1n) is 5.38. The van der Waals surface area contributed by atoms with E-state index in [1.54, 1.807) is 7.05 Å². The fourth-order valence-electron chi connectivity index (χ4n) is 1.88. The molecule has 0 aliphatic rings. The van der Waals surface area contributed by atoms with Crippen molar-refractivity contribution >= 4 is 23.2 Å². The third-order valence-electron chi connectivity index (χ3n) is 2.86. The minimum atomic E-state index is -4.40. The van der Waals surface area contributed by atoms with Gasteiger partial charge in [0.25, 0.3) is 0 Å². The standard InChI is InChI=1S/C13H7Cl2F3N2/c1-20-11(9(6-19)10(14)12(20)15)7-2-4-8(5-3-7)13(16,17)18/h2-5H,1H3. The summed E-state index contributed by atoms with van der Waals surface area (Å²) >= 11 is 11.9. The number of rotatable bonds is 1. The Morgan fingerprint density at radius 1 is 1.15 bits per heavy atom. The second kappa shape index (κ2) is 5.04. The highest BCUT2D eigenvalue weighted by atomic mass is 35.5. The van der Waals surface area contributed by atoms with Gasteiger partial charge in [0.1, 0.15) is 11.2 Å². The average Bonchev–Trinajstić information content (AvgIpc) is 2.62. The summed E-state index contributed by atoms with van der Waals surface area (Å²) < 4.78 is 39.0. The first-order valence-corrected chi connectivity index (χ1v) is 6.14. The van der Waals surface area contributed by atoms with Crippen molar-refractivity contribution in [1.29, 1.82) is 5.26 Å². The smallest absolute Gasteiger partial charge is 0.332 e. The van der Waals surface area contributed by atoms with Crippen molar-refractivity contribution in [1.82, 2.24) is 4.57 Å². The van der Waals surface area contributed by atoms with E-state index in [4.69, 9.17) is 28.5 Å². The molecule has 0 unspecified atom stereocenters. The highest BCUT2D eigenvalue weighted by Crippen LogP contribution is 2.37. The number of alkyl halides is 3. The van der Waals surface area contributed by atoms with Crippen LogP contribution in [0.2, 0.25) is 10.2 Å². The lowest BCUT2D eigenvalue weighted by atomic mass is 10.1. The summed E-state index contributed by atoms with van der Waals surface area (Å²) in [6.07, 6.45) is -4.40. The van der Waals surface area contributed by atoms with E-state index in [2.05, 4.69) is 0 Å². The van der Waals surface area contributed by atoms with Crippen LogP contribution in [0.3, 0.4) is 0 Å². The molecule has 2 rings (SSSR count). The summed E-state index contributed by atoms with van der Waals surface area (Å²) in [4.78, 5) is 0. The third-order valence-corrected chi connectivity index (χ3v) is 3.77. The summed E-state index contributed by atoms with van der Waals surface area (Å²) in [6, 6.07) is 6.38. The van der Waals surface area contributed by atoms with Gasteiger partial charge in [0.05, 0.1) is 21.8 Å². The molecule has 1 aromatic heterocycles. The molecule has 2 nitrogen and oxygen atoms in total. The van der Waals surface area contributed by atoms with Crippen molar-refractivity contribution in [2.45, 2.75) is 6.18 Å². The molecule has 0 aliphatic carbocycles. The molecule has 0 fully saturated rings. The number of hydrogen-bond acceptors (Lipinski definition) is 1. The van der Waals surface area contributed by atoms with Gasteiger partial charge in [-0.1, -0.05) is 35.3 Å². The van der Waals surface area contributed by atoms with Crippen LogP contribution in [0, 0.1) is 11.3 Å². The van der Waals surface area contributed by atoms with Crippen LogP contribution in [0.4, 0.5) is 13.2 Å². The van der Waals surface area contributed by atoms with Gasteiger partial charge in [0.15, 0.2) is 0 Å². The van der Waals surface area contributed by atoms with Crippen molar-refractivity contribution in [3.63, 3.8) is 0 Å². The van der Waals surface area contributed by atoms with Crippen molar-refractivity contribution in [2.24, 2.45) is 7.05 Å². The molecule has 20 heavy (non-hydrogen) atoms. The lowest BCUT2D eigenvalue weighted by Crippen LogP contribution is -2.04. The highest BCUT2D eigenvalue weighted by molar-refractivity contribution is 6.42. The van der Waals surface area contributed by atoms with E-state index in [0.29, 0.717) is 11.3 Å². The van der Waals surface area contributed by atoms with Crippen LogP contribution in [-0.2, 0) is 13.2 Å². The van der Waals surface area contributed by atoms with Crippen LogP contribution < -0.4 is 0 Å². The zero-order chi connectivity index (χ0) is 15.1. The first kappa shape index (κ1) is 14.8. The molecule has 1 aromatic carbocycles. The van der Waals surface area contributed by atoms with Gasteiger partial charge >= 0.3 is 6.18 Å². The van der Waals surface area contributed by atoms with Gasteiger partial charge in [-0.05, 0) is 17.7 Å². The first-order chi connectivity index (χ1) is 9.27. The monoisotopic (exact) mass is 318 g/mol. The SMILES string of the molecule is Cn1c(Cl)c(Cl)c(C#N)c1-c1ccc(C(F)(F)F)cc1. The Hall–Kier alpha value is -1.64. The second-order valence-corrected chi connectivity index (χ2v) is 4.81. The van der Waals surface area contributed by atoms with Gasteiger partial charge in [0, 0.05) is 7.05 Å². The maximum atomic E-state index is 12.5. The minimum Gasteiger partial charge on any atom is -0.332 e. The van der Waals surface area contributed by atoms with Crippen molar-refractivity contribution in [3.8, 4) is 17.3 Å². The maximum Gasteiger partial charge on any atom is 0.416 e. The summed E-state index contributed by atoms with van der Waals surface area (Å²) in [7, 11) is 1.59. The van der Waals surface area contributed by atoms with E-state index in [9.17, 15) is 13.2 Å². The van der Waals surface area contributed by atoms with Crippen LogP contribution in [0.1, 0.15) is 11.1 Å². The Labute approximate surface area is 122 Å². The van der Waals surface area contributed by atoms with Crippen LogP contribution in [0.15, 0.2) is 24.3 Å². The zero-order valence-electron chi connectivity index (χ0n) is 10.1. The zero-order valence-corrected chi connectivity index (χ0v) is 11.6. The molecule has 0 aliphatic heterocycles. The normalized spacial score (nSPS) is 11.4. The predicted molar refractivity (Wildman–Crippen MR) is 70.6 cm³/mol. The molecule has 0 spiro atoms. The van der Waals surface area contributed by atoms with E-state index in [1.165, 1.54) is 16.7 Å². The van der Waals surface area contributed by atoms with Gasteiger partial charge in [-0.15, -0.1) is 0 Å². The molecule has 0 radical (unpaired) electrons. The van der Waals surface area contributed by atoms with E-state index < -0.39 is 11.7 Å². The van der Waals surface area contributed by atoms with E-state index in [-0.39, 0.29) is 15.7 Å². The molecule has 0 atom stereocenters. The van der Waals surface area contributed by atoms with Crippen molar-refractivity contribution in [2.75, 3.05) is 0 Å². The molecule has 104 valence electrons. The van der Waals surface area contributed by atoms with Crippen LogP contribution in [0.25, 0.3) is 11.3 Å². The molecule has 0 saturated carbocycles.